The van der Waals surface area contributed by atoms with Gasteiger partial charge in [-0.1, -0.05) is 11.3 Å². The van der Waals surface area contributed by atoms with Crippen LogP contribution in [-0.2, 0) is 27.8 Å². The van der Waals surface area contributed by atoms with Gasteiger partial charge in [0.25, 0.3) is 0 Å². The van der Waals surface area contributed by atoms with E-state index in [0.717, 1.165) is 10.6 Å². The highest BCUT2D eigenvalue weighted by Gasteiger charge is 2.33. The quantitative estimate of drug-likeness (QED) is 0.748. The molecule has 0 atom stereocenters. The lowest BCUT2D eigenvalue weighted by Crippen LogP contribution is -2.45. The van der Waals surface area contributed by atoms with Crippen LogP contribution in [0.3, 0.4) is 0 Å². The highest BCUT2D eigenvalue weighted by Crippen LogP contribution is 2.30. The topological polar surface area (TPSA) is 112 Å². The first-order valence-corrected chi connectivity index (χ1v) is 12.1. The van der Waals surface area contributed by atoms with Crippen LogP contribution < -0.4 is 10.6 Å². The van der Waals surface area contributed by atoms with Gasteiger partial charge in [-0.15, -0.1) is 0 Å². The van der Waals surface area contributed by atoms with Crippen molar-refractivity contribution < 1.29 is 18.0 Å². The van der Waals surface area contributed by atoms with Gasteiger partial charge in [0.15, 0.2) is 5.13 Å². The Balaban J connectivity index is 1.58. The number of nitrogens with one attached hydrogen (secondary N) is 2. The number of aromatic nitrogens is 1. The number of anilines is 1. The number of sulfonamides is 1. The molecule has 2 aliphatic rings. The highest BCUT2D eigenvalue weighted by atomic mass is 32.2. The lowest BCUT2D eigenvalue weighted by atomic mass is 9.96. The summed E-state index contributed by atoms with van der Waals surface area (Å²) in [6, 6.07) is -0.247. The monoisotopic (exact) mass is 429 g/mol. The Morgan fingerprint density at radius 3 is 2.50 bits per heavy atom. The average Bonchev–Trinajstić information content (AvgIpc) is 3.00. The molecule has 0 aliphatic carbocycles. The zero-order valence-corrected chi connectivity index (χ0v) is 18.0. The number of carbonyl (C=O) groups excluding carboxylic acids is 2. The van der Waals surface area contributed by atoms with Crippen molar-refractivity contribution in [1.29, 1.82) is 0 Å². The molecule has 0 aromatic carbocycles. The molecule has 11 heteroatoms. The standard InChI is InChI=1S/C17H27N5O4S2/c1-11(2)18-16(24)20-17-19-13-6-7-21(10-14(13)27-17)15(23)12-4-8-22(9-5-12)28(3,25)26/h11-12H,4-10H2,1-3H3,(H2,18,19,20,24). The molecule has 0 unspecified atom stereocenters. The minimum Gasteiger partial charge on any atom is -0.337 e. The lowest BCUT2D eigenvalue weighted by Gasteiger charge is -2.34. The Labute approximate surface area is 169 Å². The molecule has 1 fully saturated rings. The Morgan fingerprint density at radius 2 is 1.89 bits per heavy atom. The number of fused-ring (bicyclic) bond motifs is 1. The Kier molecular flexibility index (Phi) is 6.25. The van der Waals surface area contributed by atoms with Gasteiger partial charge in [0.2, 0.25) is 15.9 Å². The van der Waals surface area contributed by atoms with Crippen LogP contribution in [0.2, 0.25) is 0 Å². The summed E-state index contributed by atoms with van der Waals surface area (Å²) in [5.74, 6) is -0.0545. The summed E-state index contributed by atoms with van der Waals surface area (Å²) >= 11 is 1.40. The second-order valence-electron chi connectivity index (χ2n) is 7.59. The maximum absolute atomic E-state index is 12.9. The van der Waals surface area contributed by atoms with Crippen LogP contribution in [0.25, 0.3) is 0 Å². The van der Waals surface area contributed by atoms with Crippen LogP contribution in [0.5, 0.6) is 0 Å². The lowest BCUT2D eigenvalue weighted by molar-refractivity contribution is -0.137. The first-order valence-electron chi connectivity index (χ1n) is 9.43. The fourth-order valence-corrected chi connectivity index (χ4v) is 5.42. The van der Waals surface area contributed by atoms with Gasteiger partial charge >= 0.3 is 6.03 Å². The fraction of sp³-hybridized carbons (Fsp3) is 0.706. The average molecular weight is 430 g/mol. The van der Waals surface area contributed by atoms with Crippen LogP contribution in [0.1, 0.15) is 37.3 Å². The zero-order valence-electron chi connectivity index (χ0n) is 16.4. The number of piperidine rings is 1. The zero-order chi connectivity index (χ0) is 20.5. The molecule has 9 nitrogen and oxygen atoms in total. The maximum Gasteiger partial charge on any atom is 0.321 e. The summed E-state index contributed by atoms with van der Waals surface area (Å²) in [6.07, 6.45) is 2.98. The van der Waals surface area contributed by atoms with Gasteiger partial charge in [0, 0.05) is 42.9 Å². The normalized spacial score (nSPS) is 18.8. The molecule has 3 rings (SSSR count). The maximum atomic E-state index is 12.9. The van der Waals surface area contributed by atoms with E-state index in [1.54, 1.807) is 0 Å². The predicted molar refractivity (Wildman–Crippen MR) is 108 cm³/mol. The van der Waals surface area contributed by atoms with E-state index in [1.165, 1.54) is 21.9 Å². The Hall–Kier alpha value is -1.72. The van der Waals surface area contributed by atoms with Crippen LogP contribution in [0.15, 0.2) is 0 Å². The van der Waals surface area contributed by atoms with Gasteiger partial charge in [-0.2, -0.15) is 0 Å². The molecule has 0 radical (unpaired) electrons. The van der Waals surface area contributed by atoms with E-state index >= 15 is 0 Å². The minimum atomic E-state index is -3.19. The largest absolute Gasteiger partial charge is 0.337 e. The third kappa shape index (κ3) is 5.00. The first-order chi connectivity index (χ1) is 13.1. The van der Waals surface area contributed by atoms with Crippen molar-refractivity contribution in [2.75, 3.05) is 31.2 Å². The number of hydrogen-bond acceptors (Lipinski definition) is 6. The van der Waals surface area contributed by atoms with Crippen molar-refractivity contribution in [2.24, 2.45) is 5.92 Å². The number of rotatable bonds is 4. The molecule has 1 aromatic rings. The second kappa shape index (κ2) is 8.34. The molecular formula is C17H27N5O4S2. The molecule has 156 valence electrons. The summed E-state index contributed by atoms with van der Waals surface area (Å²) < 4.78 is 24.7. The van der Waals surface area contributed by atoms with E-state index in [-0.39, 0.29) is 23.9 Å². The summed E-state index contributed by atoms with van der Waals surface area (Å²) in [4.78, 5) is 32.0. The van der Waals surface area contributed by atoms with Crippen LogP contribution in [0, 0.1) is 5.92 Å². The van der Waals surface area contributed by atoms with E-state index in [2.05, 4.69) is 15.6 Å². The van der Waals surface area contributed by atoms with Crippen LogP contribution >= 0.6 is 11.3 Å². The van der Waals surface area contributed by atoms with E-state index < -0.39 is 10.0 Å². The van der Waals surface area contributed by atoms with Gasteiger partial charge in [-0.05, 0) is 26.7 Å². The van der Waals surface area contributed by atoms with Gasteiger partial charge in [-0.25, -0.2) is 22.5 Å². The number of urea groups is 1. The molecule has 0 bridgehead atoms. The number of nitrogens with zero attached hydrogens (tertiary/aromatic N) is 3. The number of thiazole rings is 1. The molecule has 2 aliphatic heterocycles. The van der Waals surface area contributed by atoms with Crippen molar-refractivity contribution in [3.05, 3.63) is 10.6 Å². The molecule has 3 amide bonds. The smallest absolute Gasteiger partial charge is 0.321 e. The third-order valence-electron chi connectivity index (χ3n) is 4.96. The number of hydrogen-bond donors (Lipinski definition) is 2. The van der Waals surface area contributed by atoms with E-state index in [0.29, 0.717) is 50.6 Å². The molecule has 0 spiro atoms. The molecule has 28 heavy (non-hydrogen) atoms. The van der Waals surface area contributed by atoms with Crippen molar-refractivity contribution in [3.63, 3.8) is 0 Å². The number of amides is 3. The molecule has 1 aromatic heterocycles. The van der Waals surface area contributed by atoms with Crippen LogP contribution in [-0.4, -0.2) is 66.5 Å². The minimum absolute atomic E-state index is 0.0387. The van der Waals surface area contributed by atoms with E-state index in [1.807, 2.05) is 18.7 Å². The van der Waals surface area contributed by atoms with Crippen LogP contribution in [0.4, 0.5) is 9.93 Å². The van der Waals surface area contributed by atoms with Crippen molar-refractivity contribution in [2.45, 2.75) is 45.7 Å². The molecule has 1 saturated heterocycles. The molecule has 0 saturated carbocycles. The van der Waals surface area contributed by atoms with Gasteiger partial charge in [0.05, 0.1) is 18.5 Å². The SMILES string of the molecule is CC(C)NC(=O)Nc1nc2c(s1)CN(C(=O)C1CCN(S(C)(=O)=O)CC1)CC2. The summed E-state index contributed by atoms with van der Waals surface area (Å²) in [5, 5.41) is 6.05. The summed E-state index contributed by atoms with van der Waals surface area (Å²) in [6.45, 7) is 5.65. The fourth-order valence-electron chi connectivity index (χ4n) is 3.53. The summed E-state index contributed by atoms with van der Waals surface area (Å²) in [5.41, 5.74) is 0.931. The van der Waals surface area contributed by atoms with Crippen molar-refractivity contribution in [3.8, 4) is 0 Å². The predicted octanol–water partition coefficient (Wildman–Crippen LogP) is 1.23. The third-order valence-corrected chi connectivity index (χ3v) is 7.26. The summed E-state index contributed by atoms with van der Waals surface area (Å²) in [7, 11) is -3.19. The molecular weight excluding hydrogens is 402 g/mol. The first kappa shape index (κ1) is 21.0. The number of carbonyl (C=O) groups is 2. The van der Waals surface area contributed by atoms with E-state index in [9.17, 15) is 18.0 Å². The van der Waals surface area contributed by atoms with Crippen molar-refractivity contribution >= 4 is 38.4 Å². The molecule has 3 heterocycles. The Morgan fingerprint density at radius 1 is 1.21 bits per heavy atom. The highest BCUT2D eigenvalue weighted by molar-refractivity contribution is 7.88. The Bertz CT molecular complexity index is 844. The molecule has 2 N–H and O–H groups in total. The van der Waals surface area contributed by atoms with Gasteiger partial charge < -0.3 is 10.2 Å². The van der Waals surface area contributed by atoms with Crippen molar-refractivity contribution in [1.82, 2.24) is 19.5 Å². The van der Waals surface area contributed by atoms with E-state index in [4.69, 9.17) is 0 Å². The van der Waals surface area contributed by atoms with Gasteiger partial charge in [0.1, 0.15) is 0 Å². The van der Waals surface area contributed by atoms with Gasteiger partial charge in [-0.3, -0.25) is 10.1 Å². The second-order valence-corrected chi connectivity index (χ2v) is 10.7.